The molecule has 4 rings (SSSR count). The van der Waals surface area contributed by atoms with Crippen LogP contribution >= 0.6 is 11.3 Å². The monoisotopic (exact) mass is 405 g/mol. The van der Waals surface area contributed by atoms with E-state index in [1.54, 1.807) is 35.4 Å². The van der Waals surface area contributed by atoms with Crippen LogP contribution in [0.15, 0.2) is 66.6 Å². The van der Waals surface area contributed by atoms with Crippen LogP contribution in [0.25, 0.3) is 11.4 Å². The summed E-state index contributed by atoms with van der Waals surface area (Å²) in [5.41, 5.74) is 3.69. The number of aromatic amines is 1. The van der Waals surface area contributed by atoms with Gasteiger partial charge in [0.2, 0.25) is 11.9 Å². The zero-order valence-corrected chi connectivity index (χ0v) is 16.3. The highest BCUT2D eigenvalue weighted by atomic mass is 32.1. The highest BCUT2D eigenvalue weighted by Gasteiger charge is 2.20. The highest BCUT2D eigenvalue weighted by Crippen LogP contribution is 2.15. The Labute approximate surface area is 171 Å². The molecular weight excluding hydrogens is 386 g/mol. The fourth-order valence-electron chi connectivity index (χ4n) is 2.81. The van der Waals surface area contributed by atoms with Crippen LogP contribution in [0.4, 0.5) is 5.95 Å². The zero-order valence-electron chi connectivity index (χ0n) is 15.4. The number of rotatable bonds is 8. The second-order valence-electron chi connectivity index (χ2n) is 6.32. The molecule has 1 aromatic carbocycles. The Hall–Kier alpha value is -3.43. The van der Waals surface area contributed by atoms with Crippen LogP contribution in [0, 0.1) is 0 Å². The van der Waals surface area contributed by atoms with Crippen LogP contribution in [0.3, 0.4) is 0 Å². The van der Waals surface area contributed by atoms with Gasteiger partial charge in [-0.25, -0.2) is 0 Å². The van der Waals surface area contributed by atoms with Gasteiger partial charge in [-0.15, -0.1) is 16.4 Å². The van der Waals surface area contributed by atoms with Gasteiger partial charge in [0.25, 0.3) is 0 Å². The molecular formula is C20H19N7OS. The molecule has 0 aliphatic carbocycles. The van der Waals surface area contributed by atoms with E-state index in [2.05, 4.69) is 35.8 Å². The summed E-state index contributed by atoms with van der Waals surface area (Å²) >= 11 is 1.55. The van der Waals surface area contributed by atoms with E-state index in [-0.39, 0.29) is 11.9 Å². The van der Waals surface area contributed by atoms with Crippen LogP contribution in [0.2, 0.25) is 0 Å². The molecule has 0 radical (unpaired) electrons. The first-order valence-corrected chi connectivity index (χ1v) is 9.94. The van der Waals surface area contributed by atoms with Crippen LogP contribution in [0.1, 0.15) is 10.4 Å². The lowest BCUT2D eigenvalue weighted by molar-refractivity contribution is -0.118. The normalized spacial score (nSPS) is 11.9. The molecule has 0 saturated carbocycles. The lowest BCUT2D eigenvalue weighted by Crippen LogP contribution is -2.42. The van der Waals surface area contributed by atoms with Gasteiger partial charge in [0.1, 0.15) is 0 Å². The van der Waals surface area contributed by atoms with Gasteiger partial charge in [-0.3, -0.25) is 25.2 Å². The maximum atomic E-state index is 12.9. The minimum Gasteiger partial charge on any atom is -0.301 e. The zero-order chi connectivity index (χ0) is 19.9. The fourth-order valence-corrected chi connectivity index (χ4v) is 3.36. The number of H-pyrrole nitrogens is 1. The largest absolute Gasteiger partial charge is 0.301 e. The summed E-state index contributed by atoms with van der Waals surface area (Å²) in [5.74, 6) is 0.609. The van der Waals surface area contributed by atoms with Crippen molar-refractivity contribution in [2.45, 2.75) is 19.0 Å². The molecule has 29 heavy (non-hydrogen) atoms. The van der Waals surface area contributed by atoms with Crippen molar-refractivity contribution in [1.29, 1.82) is 0 Å². The third-order valence-corrected chi connectivity index (χ3v) is 5.06. The summed E-state index contributed by atoms with van der Waals surface area (Å²) in [7, 11) is 0. The van der Waals surface area contributed by atoms with Crippen LogP contribution in [0.5, 0.6) is 0 Å². The summed E-state index contributed by atoms with van der Waals surface area (Å²) in [5, 5.41) is 13.1. The molecule has 0 bridgehead atoms. The smallest absolute Gasteiger partial charge is 0.249 e. The molecule has 0 saturated heterocycles. The van der Waals surface area contributed by atoms with Crippen molar-refractivity contribution in [3.8, 4) is 11.4 Å². The molecule has 9 heteroatoms. The van der Waals surface area contributed by atoms with E-state index in [1.165, 1.54) is 0 Å². The van der Waals surface area contributed by atoms with Gasteiger partial charge in [0, 0.05) is 35.6 Å². The van der Waals surface area contributed by atoms with E-state index in [9.17, 15) is 4.79 Å². The van der Waals surface area contributed by atoms with Crippen molar-refractivity contribution in [2.24, 2.45) is 0 Å². The molecule has 0 spiro atoms. The van der Waals surface area contributed by atoms with E-state index in [0.29, 0.717) is 18.8 Å². The molecule has 3 aromatic heterocycles. The molecule has 0 aliphatic rings. The molecule has 4 aromatic rings. The number of carbonyl (C=O) groups is 1. The summed E-state index contributed by atoms with van der Waals surface area (Å²) in [4.78, 5) is 26.4. The highest BCUT2D eigenvalue weighted by molar-refractivity contribution is 7.09. The van der Waals surface area contributed by atoms with E-state index >= 15 is 0 Å². The topological polar surface area (TPSA) is 108 Å². The number of aromatic nitrogens is 5. The lowest BCUT2D eigenvalue weighted by Gasteiger charge is -2.17. The van der Waals surface area contributed by atoms with Crippen molar-refractivity contribution in [3.63, 3.8) is 0 Å². The molecule has 0 aliphatic heterocycles. The summed E-state index contributed by atoms with van der Waals surface area (Å²) in [6.45, 7) is 0.561. The summed E-state index contributed by atoms with van der Waals surface area (Å²) in [6.07, 6.45) is 5.70. The predicted octanol–water partition coefficient (Wildman–Crippen LogP) is 2.66. The van der Waals surface area contributed by atoms with E-state index in [4.69, 9.17) is 0 Å². The average Bonchev–Trinajstić information content (AvgIpc) is 3.45. The Morgan fingerprint density at radius 1 is 1.10 bits per heavy atom. The van der Waals surface area contributed by atoms with Crippen LogP contribution in [-0.4, -0.2) is 37.1 Å². The number of anilines is 1. The number of benzene rings is 1. The van der Waals surface area contributed by atoms with Gasteiger partial charge in [0.05, 0.1) is 11.6 Å². The average molecular weight is 405 g/mol. The van der Waals surface area contributed by atoms with Crippen LogP contribution < -0.4 is 10.6 Å². The second kappa shape index (κ2) is 9.18. The number of amides is 1. The Morgan fingerprint density at radius 2 is 1.93 bits per heavy atom. The van der Waals surface area contributed by atoms with Gasteiger partial charge in [-0.1, -0.05) is 30.3 Å². The van der Waals surface area contributed by atoms with Gasteiger partial charge in [-0.05, 0) is 24.1 Å². The molecule has 1 atom stereocenters. The number of hydrogen-bond acceptors (Lipinski definition) is 7. The first-order chi connectivity index (χ1) is 14.3. The third-order valence-electron chi connectivity index (χ3n) is 4.28. The Bertz CT molecular complexity index is 1040. The number of thiazole rings is 1. The third kappa shape index (κ3) is 5.09. The second-order valence-corrected chi connectivity index (χ2v) is 7.29. The van der Waals surface area contributed by atoms with Gasteiger partial charge < -0.3 is 5.32 Å². The predicted molar refractivity (Wildman–Crippen MR) is 111 cm³/mol. The van der Waals surface area contributed by atoms with E-state index < -0.39 is 6.04 Å². The van der Waals surface area contributed by atoms with Crippen molar-refractivity contribution >= 4 is 23.2 Å². The van der Waals surface area contributed by atoms with Crippen molar-refractivity contribution < 1.29 is 4.79 Å². The molecule has 0 fully saturated rings. The first kappa shape index (κ1) is 18.9. The molecule has 0 unspecified atom stereocenters. The van der Waals surface area contributed by atoms with Crippen molar-refractivity contribution in [3.05, 3.63) is 77.0 Å². The molecule has 1 amide bonds. The Kier molecular flexibility index (Phi) is 5.98. The number of pyridine rings is 1. The van der Waals surface area contributed by atoms with Gasteiger partial charge >= 0.3 is 0 Å². The number of nitrogens with one attached hydrogen (secondary N) is 3. The van der Waals surface area contributed by atoms with Crippen molar-refractivity contribution in [2.75, 3.05) is 5.32 Å². The minimum absolute atomic E-state index is 0.196. The molecule has 3 N–H and O–H groups in total. The van der Waals surface area contributed by atoms with E-state index in [0.717, 1.165) is 16.0 Å². The first-order valence-electron chi connectivity index (χ1n) is 9.06. The van der Waals surface area contributed by atoms with Gasteiger partial charge in [-0.2, -0.15) is 4.98 Å². The maximum absolute atomic E-state index is 12.9. The standard InChI is InChI=1S/C20H19N7OS/c28-19(25-20-24-18(26-27-20)15-6-8-21-9-7-15)17(10-14-4-2-1-3-5-14)23-12-16-11-22-13-29-16/h1-9,11,13,17,23H,10,12H2,(H2,24,25,26,27,28)/t17-/m0/s1. The number of carbonyl (C=O) groups excluding carboxylic acids is 1. The maximum Gasteiger partial charge on any atom is 0.249 e. The Balaban J connectivity index is 1.46. The fraction of sp³-hybridized carbons (Fsp3) is 0.150. The van der Waals surface area contributed by atoms with Gasteiger partial charge in [0.15, 0.2) is 5.82 Å². The number of hydrogen-bond donors (Lipinski definition) is 3. The summed E-state index contributed by atoms with van der Waals surface area (Å²) in [6, 6.07) is 13.1. The quantitative estimate of drug-likeness (QED) is 0.416. The van der Waals surface area contributed by atoms with E-state index in [1.807, 2.05) is 42.5 Å². The van der Waals surface area contributed by atoms with Crippen LogP contribution in [-0.2, 0) is 17.8 Å². The lowest BCUT2D eigenvalue weighted by atomic mass is 10.1. The minimum atomic E-state index is -0.442. The molecule has 3 heterocycles. The summed E-state index contributed by atoms with van der Waals surface area (Å²) < 4.78 is 0. The van der Waals surface area contributed by atoms with Crippen molar-refractivity contribution in [1.82, 2.24) is 30.5 Å². The Morgan fingerprint density at radius 3 is 2.69 bits per heavy atom. The molecule has 8 nitrogen and oxygen atoms in total. The molecule has 146 valence electrons. The number of nitrogens with zero attached hydrogens (tertiary/aromatic N) is 4. The SMILES string of the molecule is O=C(Nc1n[nH]c(-c2ccncc2)n1)[C@H](Cc1ccccc1)NCc1cncs1.